The van der Waals surface area contributed by atoms with Crippen molar-refractivity contribution in [3.8, 4) is 11.1 Å². The lowest BCUT2D eigenvalue weighted by molar-refractivity contribution is -0.172. The molecule has 7 nitrogen and oxygen atoms in total. The molecule has 4 atom stereocenters. The second-order valence-corrected chi connectivity index (χ2v) is 9.88. The summed E-state index contributed by atoms with van der Waals surface area (Å²) < 4.78 is 5.56. The van der Waals surface area contributed by atoms with Crippen molar-refractivity contribution >= 4 is 5.91 Å². The predicted octanol–water partition coefficient (Wildman–Crippen LogP) is 1.30. The van der Waals surface area contributed by atoms with Crippen LogP contribution in [0.4, 0.5) is 0 Å². The zero-order valence-corrected chi connectivity index (χ0v) is 19.4. The maximum Gasteiger partial charge on any atom is 0.246 e. The van der Waals surface area contributed by atoms with Crippen LogP contribution < -0.4 is 16.8 Å². The highest BCUT2D eigenvalue weighted by Crippen LogP contribution is 2.44. The monoisotopic (exact) mass is 449 g/mol. The number of benzene rings is 2. The van der Waals surface area contributed by atoms with Crippen LogP contribution in [0.1, 0.15) is 24.0 Å². The number of carbonyl (C=O) groups is 1. The van der Waals surface area contributed by atoms with Crippen molar-refractivity contribution in [2.75, 3.05) is 33.2 Å². The lowest BCUT2D eigenvalue weighted by atomic mass is 9.87. The molecule has 1 saturated carbocycles. The second-order valence-electron chi connectivity index (χ2n) is 9.88. The summed E-state index contributed by atoms with van der Waals surface area (Å²) in [6.45, 7) is 5.54. The third-order valence-electron chi connectivity index (χ3n) is 7.49. The summed E-state index contributed by atoms with van der Waals surface area (Å²) in [5, 5.41) is 2.89. The average Bonchev–Trinajstić information content (AvgIpc) is 3.45. The van der Waals surface area contributed by atoms with Gasteiger partial charge in [0.1, 0.15) is 5.54 Å². The molecule has 4 fully saturated rings. The van der Waals surface area contributed by atoms with Crippen molar-refractivity contribution in [2.45, 2.75) is 49.7 Å². The Labute approximate surface area is 196 Å². The number of fused-ring (bicyclic) bond motifs is 1. The van der Waals surface area contributed by atoms with Gasteiger partial charge in [0.15, 0.2) is 0 Å². The van der Waals surface area contributed by atoms with Gasteiger partial charge in [0.2, 0.25) is 5.91 Å². The Balaban J connectivity index is 1.14. The quantitative estimate of drug-likeness (QED) is 0.552. The predicted molar refractivity (Wildman–Crippen MR) is 129 cm³/mol. The Bertz CT molecular complexity index is 955. The number of hydrogen-bond donors (Lipinski definition) is 3. The van der Waals surface area contributed by atoms with E-state index >= 15 is 0 Å². The topological polar surface area (TPSA) is 96.9 Å². The van der Waals surface area contributed by atoms with Crippen LogP contribution in [0.2, 0.25) is 0 Å². The van der Waals surface area contributed by atoms with Gasteiger partial charge in [-0.15, -0.1) is 0 Å². The van der Waals surface area contributed by atoms with Gasteiger partial charge in [-0.25, -0.2) is 0 Å². The third-order valence-corrected chi connectivity index (χ3v) is 7.49. The van der Waals surface area contributed by atoms with E-state index in [1.807, 2.05) is 0 Å². The average molecular weight is 450 g/mol. The van der Waals surface area contributed by atoms with Gasteiger partial charge in [0.05, 0.1) is 18.4 Å². The highest BCUT2D eigenvalue weighted by Gasteiger charge is 2.63. The Morgan fingerprint density at radius 3 is 2.09 bits per heavy atom. The molecule has 0 spiro atoms. The number of piperazine rings is 1. The molecule has 0 aromatic heterocycles. The summed E-state index contributed by atoms with van der Waals surface area (Å²) in [5.74, 6) is -0.193. The first-order valence-corrected chi connectivity index (χ1v) is 12.0. The van der Waals surface area contributed by atoms with Crippen molar-refractivity contribution in [1.29, 1.82) is 0 Å². The molecule has 3 saturated heterocycles. The fourth-order valence-corrected chi connectivity index (χ4v) is 5.27. The van der Waals surface area contributed by atoms with Crippen LogP contribution in [0.25, 0.3) is 11.1 Å². The Morgan fingerprint density at radius 1 is 1.00 bits per heavy atom. The molecule has 6 rings (SSSR count). The number of amides is 1. The van der Waals surface area contributed by atoms with Crippen LogP contribution in [-0.4, -0.2) is 72.8 Å². The van der Waals surface area contributed by atoms with Crippen molar-refractivity contribution < 1.29 is 9.53 Å². The molecule has 4 aliphatic rings. The first-order chi connectivity index (χ1) is 15.9. The van der Waals surface area contributed by atoms with E-state index in [9.17, 15) is 4.79 Å². The van der Waals surface area contributed by atoms with Gasteiger partial charge >= 0.3 is 0 Å². The normalized spacial score (nSPS) is 28.3. The maximum absolute atomic E-state index is 12.6. The highest BCUT2D eigenvalue weighted by molar-refractivity contribution is 5.89. The van der Waals surface area contributed by atoms with Gasteiger partial charge in [-0.1, -0.05) is 48.5 Å². The molecule has 33 heavy (non-hydrogen) atoms. The Hall–Kier alpha value is -2.29. The van der Waals surface area contributed by atoms with E-state index in [1.54, 1.807) is 0 Å². The van der Waals surface area contributed by atoms with Crippen LogP contribution in [0.15, 0.2) is 48.5 Å². The number of nitrogens with zero attached hydrogens (tertiary/aromatic N) is 2. The number of ether oxygens (including phenoxy) is 1. The van der Waals surface area contributed by atoms with Gasteiger partial charge in [0, 0.05) is 39.1 Å². The van der Waals surface area contributed by atoms with E-state index in [4.69, 9.17) is 16.2 Å². The van der Waals surface area contributed by atoms with E-state index < -0.39 is 11.7 Å². The minimum Gasteiger partial charge on any atom is -0.370 e. The molecule has 5 N–H and O–H groups in total. The molecule has 2 aromatic carbocycles. The van der Waals surface area contributed by atoms with Gasteiger partial charge in [-0.05, 0) is 42.1 Å². The van der Waals surface area contributed by atoms with Gasteiger partial charge in [-0.3, -0.25) is 9.69 Å². The summed E-state index contributed by atoms with van der Waals surface area (Å²) >= 11 is 0. The molecule has 1 amide bonds. The van der Waals surface area contributed by atoms with Crippen molar-refractivity contribution in [2.24, 2.45) is 11.5 Å². The fourth-order valence-electron chi connectivity index (χ4n) is 5.27. The second kappa shape index (κ2) is 9.16. The molecule has 3 heterocycles. The van der Waals surface area contributed by atoms with Crippen LogP contribution in [0, 0.1) is 0 Å². The molecule has 2 bridgehead atoms. The van der Waals surface area contributed by atoms with Gasteiger partial charge in [0.25, 0.3) is 0 Å². The number of hydrogen-bond acceptors (Lipinski definition) is 6. The van der Waals surface area contributed by atoms with Crippen molar-refractivity contribution in [3.05, 3.63) is 59.7 Å². The van der Waals surface area contributed by atoms with E-state index in [0.717, 1.165) is 51.1 Å². The highest BCUT2D eigenvalue weighted by atomic mass is 16.5. The SMILES string of the molecule is CN1CCN(Cc2ccc(-c3ccc(CC(N)NC(=O)C4(N)C5CC[C@@H]4O5)cc3)cc2)CC1. The minimum atomic E-state index is -0.905. The lowest BCUT2D eigenvalue weighted by Gasteiger charge is -2.45. The number of carbonyl (C=O) groups excluding carboxylic acids is 1. The summed E-state index contributed by atoms with van der Waals surface area (Å²) in [6, 6.07) is 17.2. The summed E-state index contributed by atoms with van der Waals surface area (Å²) in [6.07, 6.45) is 1.45. The lowest BCUT2D eigenvalue weighted by Crippen LogP contribution is -2.74. The van der Waals surface area contributed by atoms with Crippen LogP contribution in [-0.2, 0) is 22.5 Å². The van der Waals surface area contributed by atoms with Crippen LogP contribution >= 0.6 is 0 Å². The van der Waals surface area contributed by atoms with E-state index in [1.165, 1.54) is 16.7 Å². The zero-order valence-electron chi connectivity index (χ0n) is 19.4. The molecule has 0 radical (unpaired) electrons. The van der Waals surface area contributed by atoms with E-state index in [2.05, 4.69) is 70.7 Å². The third kappa shape index (κ3) is 4.56. The fraction of sp³-hybridized carbons (Fsp3) is 0.500. The summed E-state index contributed by atoms with van der Waals surface area (Å²) in [5.41, 5.74) is 16.4. The molecular formula is C26H35N5O2. The van der Waals surface area contributed by atoms with Gasteiger partial charge in [-0.2, -0.15) is 0 Å². The van der Waals surface area contributed by atoms with Crippen molar-refractivity contribution in [3.63, 3.8) is 0 Å². The summed E-state index contributed by atoms with van der Waals surface area (Å²) in [4.78, 5) is 17.5. The number of rotatable bonds is 7. The first kappa shape index (κ1) is 22.5. The van der Waals surface area contributed by atoms with E-state index in [-0.39, 0.29) is 18.1 Å². The standard InChI is InChI=1S/C26H35N5O2/c1-30-12-14-31(15-13-30)17-19-4-8-21(9-5-19)20-6-2-18(3-7-20)16-24(27)29-25(32)26(28)22-10-11-23(26)33-22/h2-9,22-24H,10-17,27-28H2,1H3,(H,29,32)/t22-,23?,24?,26?/m0/s1. The first-order valence-electron chi connectivity index (χ1n) is 12.0. The van der Waals surface area contributed by atoms with E-state index in [0.29, 0.717) is 6.42 Å². The smallest absolute Gasteiger partial charge is 0.246 e. The van der Waals surface area contributed by atoms with Gasteiger partial charge < -0.3 is 26.4 Å². The molecule has 7 heteroatoms. The molecule has 3 aliphatic heterocycles. The summed E-state index contributed by atoms with van der Waals surface area (Å²) in [7, 11) is 2.18. The molecule has 176 valence electrons. The molecular weight excluding hydrogens is 414 g/mol. The van der Waals surface area contributed by atoms with Crippen molar-refractivity contribution in [1.82, 2.24) is 15.1 Å². The minimum absolute atomic E-state index is 0.165. The van der Waals surface area contributed by atoms with Crippen LogP contribution in [0.3, 0.4) is 0 Å². The number of likely N-dealkylation sites (N-methyl/N-ethyl adjacent to an activating group) is 1. The largest absolute Gasteiger partial charge is 0.370 e. The Morgan fingerprint density at radius 2 is 1.55 bits per heavy atom. The molecule has 2 aromatic rings. The zero-order chi connectivity index (χ0) is 23.0. The molecule has 3 unspecified atom stereocenters. The van der Waals surface area contributed by atoms with Crippen LogP contribution in [0.5, 0.6) is 0 Å². The Kier molecular flexibility index (Phi) is 6.24. The number of nitrogens with two attached hydrogens (primary N) is 2. The number of nitrogens with one attached hydrogen (secondary N) is 1. The maximum atomic E-state index is 12.6. The molecule has 1 aliphatic carbocycles.